The fourth-order valence-corrected chi connectivity index (χ4v) is 2.73. The van der Waals surface area contributed by atoms with Gasteiger partial charge < -0.3 is 10.2 Å². The molecule has 0 amide bonds. The third-order valence-electron chi connectivity index (χ3n) is 3.25. The first-order chi connectivity index (χ1) is 10.5. The molecule has 0 radical (unpaired) electrons. The molecule has 0 aliphatic rings. The van der Waals surface area contributed by atoms with Crippen molar-refractivity contribution >= 4 is 46.2 Å². The quantitative estimate of drug-likeness (QED) is 0.720. The van der Waals surface area contributed by atoms with Gasteiger partial charge in [-0.05, 0) is 49.8 Å². The van der Waals surface area contributed by atoms with Crippen LogP contribution in [0.5, 0.6) is 0 Å². The Hall–Kier alpha value is -1.29. The Morgan fingerprint density at radius 1 is 1.09 bits per heavy atom. The predicted molar refractivity (Wildman–Crippen MR) is 99.8 cm³/mol. The number of halogens is 2. The molecule has 2 nitrogen and oxygen atoms in total. The van der Waals surface area contributed by atoms with Gasteiger partial charge in [0.2, 0.25) is 0 Å². The fourth-order valence-electron chi connectivity index (χ4n) is 2.04. The molecule has 0 heterocycles. The highest BCUT2D eigenvalue weighted by Gasteiger charge is 2.14. The second kappa shape index (κ2) is 7.82. The minimum atomic E-state index is 0.281. The molecule has 0 unspecified atom stereocenters. The Morgan fingerprint density at radius 3 is 2.36 bits per heavy atom. The highest BCUT2D eigenvalue weighted by atomic mass is 35.5. The van der Waals surface area contributed by atoms with Crippen LogP contribution in [-0.4, -0.2) is 16.1 Å². The summed E-state index contributed by atoms with van der Waals surface area (Å²) in [4.78, 5) is 2.13. The summed E-state index contributed by atoms with van der Waals surface area (Å²) in [5.41, 5.74) is 2.05. The summed E-state index contributed by atoms with van der Waals surface area (Å²) in [7, 11) is 0. The monoisotopic (exact) mass is 352 g/mol. The lowest BCUT2D eigenvalue weighted by Crippen LogP contribution is -2.39. The van der Waals surface area contributed by atoms with Crippen molar-refractivity contribution in [3.8, 4) is 0 Å². The van der Waals surface area contributed by atoms with Crippen molar-refractivity contribution in [2.75, 3.05) is 5.32 Å². The van der Waals surface area contributed by atoms with E-state index in [2.05, 4.69) is 36.2 Å². The normalized spacial score (nSPS) is 10.6. The Kier molecular flexibility index (Phi) is 6.07. The smallest absolute Gasteiger partial charge is 0.173 e. The van der Waals surface area contributed by atoms with Crippen molar-refractivity contribution in [3.05, 3.63) is 64.1 Å². The van der Waals surface area contributed by atoms with E-state index in [0.717, 1.165) is 12.2 Å². The van der Waals surface area contributed by atoms with Crippen LogP contribution in [-0.2, 0) is 6.54 Å². The molecule has 2 aromatic carbocycles. The number of anilines is 1. The Balaban J connectivity index is 2.11. The van der Waals surface area contributed by atoms with E-state index in [4.69, 9.17) is 35.4 Å². The number of hydrogen-bond donors (Lipinski definition) is 1. The van der Waals surface area contributed by atoms with E-state index in [0.29, 0.717) is 15.2 Å². The van der Waals surface area contributed by atoms with E-state index >= 15 is 0 Å². The van der Waals surface area contributed by atoms with Gasteiger partial charge in [-0.1, -0.05) is 53.5 Å². The minimum absolute atomic E-state index is 0.281. The van der Waals surface area contributed by atoms with Crippen molar-refractivity contribution in [2.24, 2.45) is 0 Å². The van der Waals surface area contributed by atoms with Crippen LogP contribution in [0.25, 0.3) is 0 Å². The number of benzene rings is 2. The zero-order chi connectivity index (χ0) is 16.1. The summed E-state index contributed by atoms with van der Waals surface area (Å²) in [5, 5.41) is 4.93. The largest absolute Gasteiger partial charge is 0.342 e. The van der Waals surface area contributed by atoms with E-state index in [-0.39, 0.29) is 6.04 Å². The predicted octanol–water partition coefficient (Wildman–Crippen LogP) is 5.60. The Labute approximate surface area is 147 Å². The van der Waals surface area contributed by atoms with Gasteiger partial charge in [0.15, 0.2) is 5.11 Å². The molecule has 0 saturated carbocycles. The van der Waals surface area contributed by atoms with Crippen molar-refractivity contribution in [2.45, 2.75) is 26.4 Å². The molecule has 2 aromatic rings. The van der Waals surface area contributed by atoms with Crippen LogP contribution in [0.4, 0.5) is 5.69 Å². The highest BCUT2D eigenvalue weighted by Crippen LogP contribution is 2.25. The van der Waals surface area contributed by atoms with Gasteiger partial charge in [-0.15, -0.1) is 0 Å². The van der Waals surface area contributed by atoms with E-state index < -0.39 is 0 Å². The van der Waals surface area contributed by atoms with Crippen LogP contribution in [0.2, 0.25) is 10.0 Å². The summed E-state index contributed by atoms with van der Waals surface area (Å²) in [5.74, 6) is 0. The van der Waals surface area contributed by atoms with Crippen molar-refractivity contribution in [3.63, 3.8) is 0 Å². The van der Waals surface area contributed by atoms with Gasteiger partial charge in [-0.25, -0.2) is 0 Å². The summed E-state index contributed by atoms with van der Waals surface area (Å²) in [6.07, 6.45) is 0. The molecular formula is C17H18Cl2N2S. The first-order valence-electron chi connectivity index (χ1n) is 7.04. The lowest BCUT2D eigenvalue weighted by atomic mass is 10.2. The van der Waals surface area contributed by atoms with E-state index in [1.807, 2.05) is 24.3 Å². The number of rotatable bonds is 4. The molecule has 0 saturated heterocycles. The third-order valence-corrected chi connectivity index (χ3v) is 4.33. The maximum Gasteiger partial charge on any atom is 0.173 e. The standard InChI is InChI=1S/C17H18Cl2N2S/c1-12(2)21(11-13-6-4-3-5-7-13)17(22)20-14-8-9-15(18)16(19)10-14/h3-10,12H,11H2,1-2H3,(H,20,22). The number of thiocarbonyl (C=S) groups is 1. The summed E-state index contributed by atoms with van der Waals surface area (Å²) >= 11 is 17.5. The molecule has 0 aliphatic heterocycles. The average molecular weight is 353 g/mol. The molecule has 22 heavy (non-hydrogen) atoms. The topological polar surface area (TPSA) is 15.3 Å². The Morgan fingerprint density at radius 2 is 1.77 bits per heavy atom. The highest BCUT2D eigenvalue weighted by molar-refractivity contribution is 7.80. The van der Waals surface area contributed by atoms with Crippen molar-refractivity contribution in [1.82, 2.24) is 4.90 Å². The van der Waals surface area contributed by atoms with E-state index in [1.165, 1.54) is 5.56 Å². The molecular weight excluding hydrogens is 335 g/mol. The van der Waals surface area contributed by atoms with Gasteiger partial charge in [0.25, 0.3) is 0 Å². The molecule has 1 N–H and O–H groups in total. The zero-order valence-corrected chi connectivity index (χ0v) is 14.8. The lowest BCUT2D eigenvalue weighted by molar-refractivity contribution is 0.348. The zero-order valence-electron chi connectivity index (χ0n) is 12.5. The SMILES string of the molecule is CC(C)N(Cc1ccccc1)C(=S)Nc1ccc(Cl)c(Cl)c1. The van der Waals surface area contributed by atoms with E-state index in [9.17, 15) is 0 Å². The van der Waals surface area contributed by atoms with Gasteiger partial charge in [-0.3, -0.25) is 0 Å². The number of nitrogens with one attached hydrogen (secondary N) is 1. The summed E-state index contributed by atoms with van der Waals surface area (Å²) in [6, 6.07) is 15.9. The molecule has 2 rings (SSSR count). The van der Waals surface area contributed by atoms with Crippen LogP contribution in [0.3, 0.4) is 0 Å². The van der Waals surface area contributed by atoms with E-state index in [1.54, 1.807) is 12.1 Å². The summed E-state index contributed by atoms with van der Waals surface area (Å²) in [6.45, 7) is 4.99. The fraction of sp³-hybridized carbons (Fsp3) is 0.235. The Bertz CT molecular complexity index is 644. The van der Waals surface area contributed by atoms with Gasteiger partial charge in [-0.2, -0.15) is 0 Å². The van der Waals surface area contributed by atoms with Gasteiger partial charge in [0, 0.05) is 18.3 Å². The van der Waals surface area contributed by atoms with Crippen molar-refractivity contribution < 1.29 is 0 Å². The van der Waals surface area contributed by atoms with Crippen LogP contribution in [0.15, 0.2) is 48.5 Å². The van der Waals surface area contributed by atoms with Gasteiger partial charge >= 0.3 is 0 Å². The second-order valence-electron chi connectivity index (χ2n) is 5.27. The first kappa shape index (κ1) is 17.1. The molecule has 0 aliphatic carbocycles. The molecule has 0 atom stereocenters. The van der Waals surface area contributed by atoms with Crippen LogP contribution in [0.1, 0.15) is 19.4 Å². The first-order valence-corrected chi connectivity index (χ1v) is 8.20. The lowest BCUT2D eigenvalue weighted by Gasteiger charge is -2.30. The molecule has 0 spiro atoms. The molecule has 5 heteroatoms. The maximum atomic E-state index is 6.04. The van der Waals surface area contributed by atoms with Crippen LogP contribution < -0.4 is 5.32 Å². The van der Waals surface area contributed by atoms with Crippen molar-refractivity contribution in [1.29, 1.82) is 0 Å². The van der Waals surface area contributed by atoms with Crippen LogP contribution >= 0.6 is 35.4 Å². The second-order valence-corrected chi connectivity index (χ2v) is 6.47. The van der Waals surface area contributed by atoms with Gasteiger partial charge in [0.05, 0.1) is 10.0 Å². The number of nitrogens with zero attached hydrogens (tertiary/aromatic N) is 1. The molecule has 0 bridgehead atoms. The average Bonchev–Trinajstić information content (AvgIpc) is 2.49. The molecule has 0 aromatic heterocycles. The van der Waals surface area contributed by atoms with Gasteiger partial charge in [0.1, 0.15) is 0 Å². The van der Waals surface area contributed by atoms with Crippen LogP contribution in [0, 0.1) is 0 Å². The number of hydrogen-bond acceptors (Lipinski definition) is 1. The summed E-state index contributed by atoms with van der Waals surface area (Å²) < 4.78 is 0. The maximum absolute atomic E-state index is 6.04. The minimum Gasteiger partial charge on any atom is -0.342 e. The molecule has 116 valence electrons. The third kappa shape index (κ3) is 4.60. The molecule has 0 fully saturated rings.